The number of nitrogens with zero attached hydrogens (tertiary/aromatic N) is 1. The fraction of sp³-hybridized carbons (Fsp3) is 0.462. The first-order valence-corrected chi connectivity index (χ1v) is 12.4. The molecule has 1 N–H and O–H groups in total. The first kappa shape index (κ1) is 27.2. The molecule has 0 saturated heterocycles. The summed E-state index contributed by atoms with van der Waals surface area (Å²) >= 11 is 9.55. The summed E-state index contributed by atoms with van der Waals surface area (Å²) in [5, 5.41) is 3.58. The molecule has 2 atom stereocenters. The third kappa shape index (κ3) is 8.04. The molecule has 0 bridgehead atoms. The van der Waals surface area contributed by atoms with E-state index in [2.05, 4.69) is 42.0 Å². The van der Waals surface area contributed by atoms with Crippen molar-refractivity contribution in [2.45, 2.75) is 72.0 Å². The minimum Gasteiger partial charge on any atom is -0.483 e. The second-order valence-corrected chi connectivity index (χ2v) is 10.6. The first-order chi connectivity index (χ1) is 15.4. The molecule has 7 heteroatoms. The lowest BCUT2D eigenvalue weighted by molar-refractivity contribution is -0.142. The molecule has 33 heavy (non-hydrogen) atoms. The van der Waals surface area contributed by atoms with E-state index >= 15 is 0 Å². The highest BCUT2D eigenvalue weighted by Gasteiger charge is 2.27. The highest BCUT2D eigenvalue weighted by atomic mass is 79.9. The van der Waals surface area contributed by atoms with E-state index in [0.29, 0.717) is 10.8 Å². The van der Waals surface area contributed by atoms with E-state index in [1.807, 2.05) is 44.2 Å². The summed E-state index contributed by atoms with van der Waals surface area (Å²) in [5.41, 5.74) is 2.05. The third-order valence-corrected chi connectivity index (χ3v) is 6.46. The molecule has 0 aliphatic heterocycles. The van der Waals surface area contributed by atoms with E-state index < -0.39 is 6.04 Å². The molecule has 2 amide bonds. The second kappa shape index (κ2) is 11.9. The monoisotopic (exact) mass is 536 g/mol. The predicted octanol–water partition coefficient (Wildman–Crippen LogP) is 6.11. The second-order valence-electron chi connectivity index (χ2n) is 9.33. The van der Waals surface area contributed by atoms with Crippen molar-refractivity contribution in [2.24, 2.45) is 0 Å². The number of benzene rings is 2. The van der Waals surface area contributed by atoms with Gasteiger partial charge in [-0.05, 0) is 77.0 Å². The SMILES string of the molecule is CCC(C)NC(=O)C(C)N(Cc1ccc(Cl)cc1)C(=O)COc1ccc(C(C)(C)C)cc1Br. The van der Waals surface area contributed by atoms with Crippen molar-refractivity contribution in [1.82, 2.24) is 10.2 Å². The fourth-order valence-electron chi connectivity index (χ4n) is 3.14. The number of rotatable bonds is 9. The van der Waals surface area contributed by atoms with Crippen LogP contribution in [0.2, 0.25) is 5.02 Å². The number of amides is 2. The molecule has 0 aliphatic rings. The van der Waals surface area contributed by atoms with E-state index in [-0.39, 0.29) is 36.4 Å². The number of carbonyl (C=O) groups excluding carboxylic acids is 2. The topological polar surface area (TPSA) is 58.6 Å². The normalized spacial score (nSPS) is 13.2. The number of carbonyl (C=O) groups is 2. The van der Waals surface area contributed by atoms with Crippen LogP contribution in [0.1, 0.15) is 59.1 Å². The van der Waals surface area contributed by atoms with Gasteiger partial charge in [0.1, 0.15) is 11.8 Å². The van der Waals surface area contributed by atoms with Crippen molar-refractivity contribution < 1.29 is 14.3 Å². The largest absolute Gasteiger partial charge is 0.483 e. The van der Waals surface area contributed by atoms with Crippen LogP contribution in [0.3, 0.4) is 0 Å². The van der Waals surface area contributed by atoms with Gasteiger partial charge in [-0.1, -0.05) is 57.5 Å². The van der Waals surface area contributed by atoms with Crippen LogP contribution in [0, 0.1) is 0 Å². The zero-order chi connectivity index (χ0) is 24.8. The predicted molar refractivity (Wildman–Crippen MR) is 138 cm³/mol. The third-order valence-electron chi connectivity index (χ3n) is 5.58. The van der Waals surface area contributed by atoms with Gasteiger partial charge in [0.25, 0.3) is 5.91 Å². The maximum Gasteiger partial charge on any atom is 0.261 e. The molecule has 5 nitrogen and oxygen atoms in total. The smallest absolute Gasteiger partial charge is 0.261 e. The van der Waals surface area contributed by atoms with Crippen LogP contribution in [0.25, 0.3) is 0 Å². The minimum atomic E-state index is -0.655. The number of halogens is 2. The number of hydrogen-bond acceptors (Lipinski definition) is 3. The Bertz CT molecular complexity index is 957. The van der Waals surface area contributed by atoms with Crippen LogP contribution in [0.5, 0.6) is 5.75 Å². The van der Waals surface area contributed by atoms with Gasteiger partial charge in [0.05, 0.1) is 4.47 Å². The van der Waals surface area contributed by atoms with Crippen molar-refractivity contribution >= 4 is 39.3 Å². The first-order valence-electron chi connectivity index (χ1n) is 11.2. The molecule has 2 aromatic rings. The molecule has 180 valence electrons. The van der Waals surface area contributed by atoms with E-state index in [0.717, 1.165) is 22.0 Å². The van der Waals surface area contributed by atoms with Gasteiger partial charge in [-0.15, -0.1) is 0 Å². The summed E-state index contributed by atoms with van der Waals surface area (Å²) in [6, 6.07) is 12.5. The Morgan fingerprint density at radius 2 is 1.76 bits per heavy atom. The van der Waals surface area contributed by atoms with Crippen LogP contribution < -0.4 is 10.1 Å². The minimum absolute atomic E-state index is 0.00463. The van der Waals surface area contributed by atoms with E-state index in [9.17, 15) is 9.59 Å². The van der Waals surface area contributed by atoms with Gasteiger partial charge in [-0.25, -0.2) is 0 Å². The molecule has 0 spiro atoms. The Labute approximate surface area is 211 Å². The van der Waals surface area contributed by atoms with Crippen molar-refractivity contribution in [1.29, 1.82) is 0 Å². The fourth-order valence-corrected chi connectivity index (χ4v) is 3.76. The molecule has 0 radical (unpaired) electrons. The van der Waals surface area contributed by atoms with Crippen molar-refractivity contribution in [3.8, 4) is 5.75 Å². The molecule has 0 saturated carbocycles. The van der Waals surface area contributed by atoms with Crippen LogP contribution in [-0.2, 0) is 21.5 Å². The molecule has 0 heterocycles. The van der Waals surface area contributed by atoms with Crippen LogP contribution in [0.4, 0.5) is 0 Å². The van der Waals surface area contributed by atoms with Crippen molar-refractivity contribution in [3.05, 3.63) is 63.1 Å². The molecular weight excluding hydrogens is 504 g/mol. The average Bonchev–Trinajstić information content (AvgIpc) is 2.76. The summed E-state index contributed by atoms with van der Waals surface area (Å²) in [7, 11) is 0. The highest BCUT2D eigenvalue weighted by Crippen LogP contribution is 2.31. The van der Waals surface area contributed by atoms with Gasteiger partial charge in [0, 0.05) is 17.6 Å². The Hall–Kier alpha value is -2.05. The molecule has 2 aromatic carbocycles. The Morgan fingerprint density at radius 3 is 2.30 bits per heavy atom. The lowest BCUT2D eigenvalue weighted by atomic mass is 9.87. The average molecular weight is 538 g/mol. The van der Waals surface area contributed by atoms with E-state index in [1.165, 1.54) is 0 Å². The van der Waals surface area contributed by atoms with Crippen molar-refractivity contribution in [2.75, 3.05) is 6.61 Å². The summed E-state index contributed by atoms with van der Waals surface area (Å²) in [4.78, 5) is 27.5. The summed E-state index contributed by atoms with van der Waals surface area (Å²) in [6.07, 6.45) is 0.811. The van der Waals surface area contributed by atoms with Gasteiger partial charge in [-0.2, -0.15) is 0 Å². The van der Waals surface area contributed by atoms with Crippen LogP contribution >= 0.6 is 27.5 Å². The van der Waals surface area contributed by atoms with Crippen LogP contribution in [-0.4, -0.2) is 35.4 Å². The molecule has 2 unspecified atom stereocenters. The van der Waals surface area contributed by atoms with Crippen molar-refractivity contribution in [3.63, 3.8) is 0 Å². The van der Waals surface area contributed by atoms with Gasteiger partial charge >= 0.3 is 0 Å². The molecule has 0 aromatic heterocycles. The van der Waals surface area contributed by atoms with E-state index in [4.69, 9.17) is 16.3 Å². The lowest BCUT2D eigenvalue weighted by Crippen LogP contribution is -2.50. The van der Waals surface area contributed by atoms with E-state index in [1.54, 1.807) is 24.0 Å². The molecule has 2 rings (SSSR count). The zero-order valence-electron chi connectivity index (χ0n) is 20.2. The Kier molecular flexibility index (Phi) is 9.80. The molecular formula is C26H34BrClN2O3. The summed E-state index contributed by atoms with van der Waals surface area (Å²) < 4.78 is 6.63. The number of ether oxygens (including phenoxy) is 1. The standard InChI is InChI=1S/C26H34BrClN2O3/c1-7-17(2)29-25(32)18(3)30(15-19-8-11-21(28)12-9-19)24(31)16-33-23-13-10-20(14-22(23)27)26(4,5)6/h8-14,17-18H,7,15-16H2,1-6H3,(H,29,32). The Balaban J connectivity index is 2.18. The maximum absolute atomic E-state index is 13.2. The summed E-state index contributed by atoms with van der Waals surface area (Å²) in [5.74, 6) is 0.116. The molecule has 0 fully saturated rings. The maximum atomic E-state index is 13.2. The zero-order valence-corrected chi connectivity index (χ0v) is 22.6. The Morgan fingerprint density at radius 1 is 1.12 bits per heavy atom. The number of hydrogen-bond donors (Lipinski definition) is 1. The molecule has 0 aliphatic carbocycles. The van der Waals surface area contributed by atoms with Crippen LogP contribution in [0.15, 0.2) is 46.9 Å². The van der Waals surface area contributed by atoms with Gasteiger partial charge in [0.2, 0.25) is 5.91 Å². The van der Waals surface area contributed by atoms with Gasteiger partial charge < -0.3 is 15.0 Å². The lowest BCUT2D eigenvalue weighted by Gasteiger charge is -2.29. The number of nitrogens with one attached hydrogen (secondary N) is 1. The highest BCUT2D eigenvalue weighted by molar-refractivity contribution is 9.10. The quantitative estimate of drug-likeness (QED) is 0.420. The van der Waals surface area contributed by atoms with Gasteiger partial charge in [-0.3, -0.25) is 9.59 Å². The summed E-state index contributed by atoms with van der Waals surface area (Å²) in [6.45, 7) is 12.2. The van der Waals surface area contributed by atoms with Gasteiger partial charge in [0.15, 0.2) is 6.61 Å².